The number of nitrogens with one attached hydrogen (secondary N) is 1. The van der Waals surface area contributed by atoms with Crippen LogP contribution in [-0.4, -0.2) is 56.5 Å². The van der Waals surface area contributed by atoms with Crippen molar-refractivity contribution in [1.82, 2.24) is 10.2 Å². The summed E-state index contributed by atoms with van der Waals surface area (Å²) < 4.78 is 23.1. The second-order valence-corrected chi connectivity index (χ2v) is 8.01. The van der Waals surface area contributed by atoms with Crippen molar-refractivity contribution in [3.05, 3.63) is 0 Å². The average Bonchev–Trinajstić information content (AvgIpc) is 2.39. The molecule has 0 spiro atoms. The quantitative estimate of drug-likeness (QED) is 0.739. The molecule has 1 aliphatic rings. The molecule has 1 heterocycles. The predicted octanol–water partition coefficient (Wildman–Crippen LogP) is 1.66. The number of likely N-dealkylation sites (N-methyl/N-ethyl adjacent to an activating group) is 1. The van der Waals surface area contributed by atoms with Crippen molar-refractivity contribution in [2.45, 2.75) is 58.5 Å². The maximum absolute atomic E-state index is 11.5. The van der Waals surface area contributed by atoms with Gasteiger partial charge in [0, 0.05) is 17.8 Å². The third-order valence-electron chi connectivity index (χ3n) is 4.11. The van der Waals surface area contributed by atoms with Crippen LogP contribution in [0.4, 0.5) is 0 Å². The van der Waals surface area contributed by atoms with E-state index in [1.54, 1.807) is 6.92 Å². The summed E-state index contributed by atoms with van der Waals surface area (Å²) in [4.78, 5) is 2.49. The maximum Gasteiger partial charge on any atom is 0.150 e. The van der Waals surface area contributed by atoms with Gasteiger partial charge in [0.2, 0.25) is 0 Å². The normalized spacial score (nSPS) is 23.4. The summed E-state index contributed by atoms with van der Waals surface area (Å²) >= 11 is 0. The van der Waals surface area contributed by atoms with Gasteiger partial charge in [-0.2, -0.15) is 0 Å². The van der Waals surface area contributed by atoms with Crippen molar-refractivity contribution < 1.29 is 8.42 Å². The van der Waals surface area contributed by atoms with Gasteiger partial charge in [-0.15, -0.1) is 0 Å². The van der Waals surface area contributed by atoms with Crippen molar-refractivity contribution >= 4 is 9.84 Å². The van der Waals surface area contributed by atoms with Gasteiger partial charge in [-0.25, -0.2) is 8.42 Å². The smallest absolute Gasteiger partial charge is 0.150 e. The fourth-order valence-corrected chi connectivity index (χ4v) is 3.81. The minimum Gasteiger partial charge on any atom is -0.313 e. The lowest BCUT2D eigenvalue weighted by Gasteiger charge is -2.39. The van der Waals surface area contributed by atoms with Crippen LogP contribution in [-0.2, 0) is 9.84 Å². The minimum absolute atomic E-state index is 0.268. The number of piperidine rings is 1. The van der Waals surface area contributed by atoms with Crippen molar-refractivity contribution in [2.24, 2.45) is 0 Å². The highest BCUT2D eigenvalue weighted by atomic mass is 32.2. The molecule has 0 bridgehead atoms. The van der Waals surface area contributed by atoms with Gasteiger partial charge < -0.3 is 5.32 Å². The highest BCUT2D eigenvalue weighted by Gasteiger charge is 2.26. The monoisotopic (exact) mass is 290 g/mol. The number of hydrogen-bond donors (Lipinski definition) is 1. The van der Waals surface area contributed by atoms with Crippen molar-refractivity contribution in [1.29, 1.82) is 0 Å². The lowest BCUT2D eigenvalue weighted by Crippen LogP contribution is -2.51. The molecule has 4 nitrogen and oxygen atoms in total. The third kappa shape index (κ3) is 5.79. The summed E-state index contributed by atoms with van der Waals surface area (Å²) in [6.07, 6.45) is 4.54. The van der Waals surface area contributed by atoms with E-state index in [2.05, 4.69) is 24.1 Å². The van der Waals surface area contributed by atoms with Crippen LogP contribution < -0.4 is 5.32 Å². The van der Waals surface area contributed by atoms with E-state index in [4.69, 9.17) is 0 Å². The van der Waals surface area contributed by atoms with E-state index >= 15 is 0 Å². The van der Waals surface area contributed by atoms with Gasteiger partial charge in [0.1, 0.15) is 9.84 Å². The van der Waals surface area contributed by atoms with E-state index in [0.717, 1.165) is 26.1 Å². The zero-order valence-electron chi connectivity index (χ0n) is 12.7. The first-order chi connectivity index (χ1) is 9.00. The highest BCUT2D eigenvalue weighted by molar-refractivity contribution is 7.91. The molecule has 0 amide bonds. The molecule has 1 N–H and O–H groups in total. The van der Waals surface area contributed by atoms with Crippen LogP contribution in [0.1, 0.15) is 46.5 Å². The number of rotatable bonds is 8. The van der Waals surface area contributed by atoms with Gasteiger partial charge in [-0.3, -0.25) is 4.90 Å². The third-order valence-corrected chi connectivity index (χ3v) is 5.90. The molecule has 1 rings (SSSR count). The van der Waals surface area contributed by atoms with E-state index in [9.17, 15) is 8.42 Å². The molecule has 0 aromatic heterocycles. The van der Waals surface area contributed by atoms with Crippen LogP contribution in [0, 0.1) is 0 Å². The Hall–Kier alpha value is -0.130. The average molecular weight is 290 g/mol. The zero-order chi connectivity index (χ0) is 14.3. The van der Waals surface area contributed by atoms with E-state index in [1.807, 2.05) is 0 Å². The van der Waals surface area contributed by atoms with Crippen LogP contribution >= 0.6 is 0 Å². The second-order valence-electron chi connectivity index (χ2n) is 5.54. The van der Waals surface area contributed by atoms with Crippen LogP contribution in [0.3, 0.4) is 0 Å². The summed E-state index contributed by atoms with van der Waals surface area (Å²) in [7, 11) is -2.81. The fourth-order valence-electron chi connectivity index (χ4n) is 2.95. The van der Waals surface area contributed by atoms with Gasteiger partial charge in [0.25, 0.3) is 0 Å². The first kappa shape index (κ1) is 16.9. The van der Waals surface area contributed by atoms with E-state index in [0.29, 0.717) is 17.8 Å². The van der Waals surface area contributed by atoms with Gasteiger partial charge in [0.05, 0.1) is 5.75 Å². The molecule has 0 saturated carbocycles. The van der Waals surface area contributed by atoms with Crippen molar-refractivity contribution in [3.8, 4) is 0 Å². The Balaban J connectivity index is 2.44. The molecule has 2 unspecified atom stereocenters. The predicted molar refractivity (Wildman–Crippen MR) is 81.3 cm³/mol. The van der Waals surface area contributed by atoms with Crippen LogP contribution in [0.25, 0.3) is 0 Å². The van der Waals surface area contributed by atoms with Crippen molar-refractivity contribution in [3.63, 3.8) is 0 Å². The van der Waals surface area contributed by atoms with Gasteiger partial charge in [-0.1, -0.05) is 20.3 Å². The summed E-state index contributed by atoms with van der Waals surface area (Å²) in [6, 6.07) is 1.06. The topological polar surface area (TPSA) is 49.4 Å². The molecule has 0 aromatic rings. The summed E-state index contributed by atoms with van der Waals surface area (Å²) in [5, 5.41) is 3.50. The molecular formula is C14H30N2O2S. The molecule has 19 heavy (non-hydrogen) atoms. The first-order valence-electron chi connectivity index (χ1n) is 7.68. The lowest BCUT2D eigenvalue weighted by molar-refractivity contribution is 0.120. The molecule has 2 atom stereocenters. The van der Waals surface area contributed by atoms with E-state index in [1.165, 1.54) is 19.3 Å². The molecule has 114 valence electrons. The first-order valence-corrected chi connectivity index (χ1v) is 9.50. The SMILES string of the molecule is CCNC(C)C1CCCCN1CCCS(=O)(=O)CC. The fraction of sp³-hybridized carbons (Fsp3) is 1.00. The van der Waals surface area contributed by atoms with Gasteiger partial charge in [-0.05, 0) is 45.8 Å². The highest BCUT2D eigenvalue weighted by Crippen LogP contribution is 2.20. The Kier molecular flexibility index (Phi) is 7.32. The number of nitrogens with zero attached hydrogens (tertiary/aromatic N) is 1. The summed E-state index contributed by atoms with van der Waals surface area (Å²) in [6.45, 7) is 9.14. The largest absolute Gasteiger partial charge is 0.313 e. The molecule has 1 saturated heterocycles. The van der Waals surface area contributed by atoms with Gasteiger partial charge >= 0.3 is 0 Å². The molecule has 0 radical (unpaired) electrons. The minimum atomic E-state index is -2.81. The second kappa shape index (κ2) is 8.22. The van der Waals surface area contributed by atoms with Gasteiger partial charge in [0.15, 0.2) is 0 Å². The van der Waals surface area contributed by atoms with Crippen molar-refractivity contribution in [2.75, 3.05) is 31.1 Å². The van der Waals surface area contributed by atoms with Crippen LogP contribution in [0.5, 0.6) is 0 Å². The Labute approximate surface area is 118 Å². The Morgan fingerprint density at radius 2 is 2.05 bits per heavy atom. The molecule has 1 aliphatic heterocycles. The number of sulfone groups is 1. The molecule has 1 fully saturated rings. The Morgan fingerprint density at radius 1 is 1.32 bits per heavy atom. The maximum atomic E-state index is 11.5. The van der Waals surface area contributed by atoms with Crippen LogP contribution in [0.15, 0.2) is 0 Å². The lowest BCUT2D eigenvalue weighted by atomic mass is 9.96. The van der Waals surface area contributed by atoms with E-state index in [-0.39, 0.29) is 5.75 Å². The van der Waals surface area contributed by atoms with Crippen LogP contribution in [0.2, 0.25) is 0 Å². The molecule has 5 heteroatoms. The molecule has 0 aliphatic carbocycles. The Bertz CT molecular complexity index is 343. The molecular weight excluding hydrogens is 260 g/mol. The summed E-state index contributed by atoms with van der Waals surface area (Å²) in [5.41, 5.74) is 0. The zero-order valence-corrected chi connectivity index (χ0v) is 13.5. The summed E-state index contributed by atoms with van der Waals surface area (Å²) in [5.74, 6) is 0.604. The number of hydrogen-bond acceptors (Lipinski definition) is 4. The standard InChI is InChI=1S/C14H30N2O2S/c1-4-15-13(3)14-9-6-7-10-16(14)11-8-12-19(17,18)5-2/h13-15H,4-12H2,1-3H3. The number of likely N-dealkylation sites (tertiary alicyclic amines) is 1. The Morgan fingerprint density at radius 3 is 2.68 bits per heavy atom. The molecule has 0 aromatic carbocycles. The van der Waals surface area contributed by atoms with E-state index < -0.39 is 9.84 Å².